The number of phenolic OH excluding ortho intramolecular Hbond substituents is 1. The Hall–Kier alpha value is -3.00. The van der Waals surface area contributed by atoms with Crippen LogP contribution in [0.1, 0.15) is 0 Å². The van der Waals surface area contributed by atoms with E-state index in [9.17, 15) is 13.9 Å². The Morgan fingerprint density at radius 3 is 2.62 bits per heavy atom. The van der Waals surface area contributed by atoms with Crippen LogP contribution in [0, 0.1) is 11.6 Å². The van der Waals surface area contributed by atoms with E-state index in [1.807, 2.05) is 0 Å². The summed E-state index contributed by atoms with van der Waals surface area (Å²) in [7, 11) is 1.47. The number of anilines is 2. The number of aromatic hydroxyl groups is 1. The number of pyridine rings is 1. The zero-order valence-electron chi connectivity index (χ0n) is 13.7. The number of nitrogen functional groups attached to an aromatic ring is 1. The molecule has 0 atom stereocenters. The highest BCUT2D eigenvalue weighted by Crippen LogP contribution is 2.34. The molecule has 8 heteroatoms. The van der Waals surface area contributed by atoms with Crippen LogP contribution < -0.4 is 15.2 Å². The maximum Gasteiger partial charge on any atom is 0.237 e. The molecule has 0 aliphatic heterocycles. The van der Waals surface area contributed by atoms with Gasteiger partial charge in [-0.05, 0) is 47.8 Å². The Morgan fingerprint density at radius 2 is 1.92 bits per heavy atom. The van der Waals surface area contributed by atoms with Crippen LogP contribution in [0.3, 0.4) is 0 Å². The van der Waals surface area contributed by atoms with Gasteiger partial charge in [0.05, 0.1) is 17.7 Å². The Morgan fingerprint density at radius 1 is 1.12 bits per heavy atom. The summed E-state index contributed by atoms with van der Waals surface area (Å²) < 4.78 is 35.0. The van der Waals surface area contributed by atoms with Gasteiger partial charge in [0.15, 0.2) is 0 Å². The van der Waals surface area contributed by atoms with Crippen molar-refractivity contribution in [1.82, 2.24) is 4.98 Å². The fourth-order valence-electron chi connectivity index (χ4n) is 2.25. The monoisotopic (exact) mass is 375 g/mol. The number of nitrogens with one attached hydrogen (secondary N) is 1. The predicted molar refractivity (Wildman–Crippen MR) is 98.1 cm³/mol. The topological polar surface area (TPSA) is 80.4 Å². The molecule has 0 aliphatic rings. The third-order valence-corrected chi connectivity index (χ3v) is 4.44. The largest absolute Gasteiger partial charge is 0.506 e. The Kier molecular flexibility index (Phi) is 5.13. The van der Waals surface area contributed by atoms with Crippen LogP contribution in [-0.2, 0) is 0 Å². The van der Waals surface area contributed by atoms with Gasteiger partial charge in [0.25, 0.3) is 0 Å². The molecule has 3 aromatic rings. The van der Waals surface area contributed by atoms with Gasteiger partial charge in [0, 0.05) is 17.8 Å². The van der Waals surface area contributed by atoms with E-state index >= 15 is 0 Å². The molecule has 0 radical (unpaired) electrons. The number of aromatic nitrogens is 1. The predicted octanol–water partition coefficient (Wildman–Crippen LogP) is 4.44. The van der Waals surface area contributed by atoms with Crippen molar-refractivity contribution in [2.75, 3.05) is 17.6 Å². The number of ether oxygens (including phenoxy) is 1. The van der Waals surface area contributed by atoms with Crippen molar-refractivity contribution in [3.63, 3.8) is 0 Å². The lowest BCUT2D eigenvalue weighted by Crippen LogP contribution is -1.97. The second-order valence-electron chi connectivity index (χ2n) is 5.33. The van der Waals surface area contributed by atoms with Crippen molar-refractivity contribution in [2.24, 2.45) is 0 Å². The first kappa shape index (κ1) is 17.8. The molecule has 1 aromatic heterocycles. The molecule has 0 bridgehead atoms. The summed E-state index contributed by atoms with van der Waals surface area (Å²) in [6.07, 6.45) is 1.60. The minimum absolute atomic E-state index is 0.00379. The van der Waals surface area contributed by atoms with Crippen LogP contribution in [0.5, 0.6) is 11.6 Å². The first-order valence-corrected chi connectivity index (χ1v) is 8.30. The quantitative estimate of drug-likeness (QED) is 0.347. The van der Waals surface area contributed by atoms with Gasteiger partial charge in [-0.1, -0.05) is 6.07 Å². The first-order valence-electron chi connectivity index (χ1n) is 7.48. The molecule has 0 amide bonds. The Labute approximate surface area is 153 Å². The van der Waals surface area contributed by atoms with Gasteiger partial charge in [0.2, 0.25) is 5.88 Å². The summed E-state index contributed by atoms with van der Waals surface area (Å²) in [6, 6.07) is 9.90. The van der Waals surface area contributed by atoms with Crippen molar-refractivity contribution in [2.45, 2.75) is 4.90 Å². The molecule has 2 aromatic carbocycles. The molecule has 0 fully saturated rings. The van der Waals surface area contributed by atoms with Crippen LogP contribution in [-0.4, -0.2) is 17.2 Å². The maximum absolute atomic E-state index is 13.8. The molecule has 0 saturated heterocycles. The lowest BCUT2D eigenvalue weighted by Gasteiger charge is -2.12. The number of halogens is 2. The highest BCUT2D eigenvalue weighted by Gasteiger charge is 2.11. The standard InChI is InChI=1S/C18H15F2N3O2S/c1-25-18-15(23-26-17-5-3-12(19)8-13(17)20)7-11(9-22-18)10-2-4-16(24)14(21)6-10/h2-9,23-24H,21H2,1H3. The van der Waals surface area contributed by atoms with Crippen LogP contribution in [0.2, 0.25) is 0 Å². The Balaban J connectivity index is 1.89. The van der Waals surface area contributed by atoms with Gasteiger partial charge in [-0.25, -0.2) is 13.8 Å². The summed E-state index contributed by atoms with van der Waals surface area (Å²) in [6.45, 7) is 0. The molecule has 4 N–H and O–H groups in total. The molecule has 0 saturated carbocycles. The van der Waals surface area contributed by atoms with Crippen molar-refractivity contribution >= 4 is 23.3 Å². The lowest BCUT2D eigenvalue weighted by atomic mass is 10.1. The highest BCUT2D eigenvalue weighted by atomic mass is 32.2. The summed E-state index contributed by atoms with van der Waals surface area (Å²) >= 11 is 0.972. The molecular weight excluding hydrogens is 360 g/mol. The van der Waals surface area contributed by atoms with Gasteiger partial charge in [0.1, 0.15) is 23.1 Å². The third kappa shape index (κ3) is 3.80. The van der Waals surface area contributed by atoms with Crippen LogP contribution in [0.4, 0.5) is 20.2 Å². The van der Waals surface area contributed by atoms with E-state index in [1.165, 1.54) is 25.3 Å². The van der Waals surface area contributed by atoms with Crippen molar-refractivity contribution in [3.05, 3.63) is 60.3 Å². The lowest BCUT2D eigenvalue weighted by molar-refractivity contribution is 0.400. The van der Waals surface area contributed by atoms with E-state index in [-0.39, 0.29) is 16.3 Å². The van der Waals surface area contributed by atoms with E-state index in [1.54, 1.807) is 24.4 Å². The second kappa shape index (κ2) is 7.49. The molecule has 0 aliphatic carbocycles. The number of nitrogens with zero attached hydrogens (tertiary/aromatic N) is 1. The van der Waals surface area contributed by atoms with Crippen LogP contribution in [0.15, 0.2) is 53.6 Å². The fourth-order valence-corrected chi connectivity index (χ4v) is 2.91. The average molecular weight is 375 g/mol. The van der Waals surface area contributed by atoms with Gasteiger partial charge in [-0.2, -0.15) is 0 Å². The van der Waals surface area contributed by atoms with Gasteiger partial charge >= 0.3 is 0 Å². The highest BCUT2D eigenvalue weighted by molar-refractivity contribution is 8.00. The first-order chi connectivity index (χ1) is 12.5. The number of nitrogens with two attached hydrogens (primary N) is 1. The van der Waals surface area contributed by atoms with Gasteiger partial charge in [-0.15, -0.1) is 0 Å². The molecular formula is C18H15F2N3O2S. The van der Waals surface area contributed by atoms with E-state index in [0.29, 0.717) is 11.6 Å². The average Bonchev–Trinajstić information content (AvgIpc) is 2.63. The van der Waals surface area contributed by atoms with Crippen LogP contribution in [0.25, 0.3) is 11.1 Å². The third-order valence-electron chi connectivity index (χ3n) is 3.57. The van der Waals surface area contributed by atoms with Gasteiger partial charge in [-0.3, -0.25) is 0 Å². The molecule has 1 heterocycles. The number of rotatable bonds is 5. The minimum Gasteiger partial charge on any atom is -0.506 e. The normalized spacial score (nSPS) is 10.6. The van der Waals surface area contributed by atoms with E-state index in [2.05, 4.69) is 9.71 Å². The van der Waals surface area contributed by atoms with Crippen molar-refractivity contribution in [3.8, 4) is 22.8 Å². The Bertz CT molecular complexity index is 954. The SMILES string of the molecule is COc1ncc(-c2ccc(O)c(N)c2)cc1NSc1ccc(F)cc1F. The number of benzene rings is 2. The van der Waals surface area contributed by atoms with Crippen molar-refractivity contribution in [1.29, 1.82) is 0 Å². The molecule has 26 heavy (non-hydrogen) atoms. The maximum atomic E-state index is 13.8. The fraction of sp³-hybridized carbons (Fsp3) is 0.0556. The van der Waals surface area contributed by atoms with Crippen LogP contribution >= 0.6 is 11.9 Å². The van der Waals surface area contributed by atoms with Gasteiger partial charge < -0.3 is 20.3 Å². The summed E-state index contributed by atoms with van der Waals surface area (Å²) in [5.41, 5.74) is 7.95. The summed E-state index contributed by atoms with van der Waals surface area (Å²) in [4.78, 5) is 4.45. The van der Waals surface area contributed by atoms with E-state index in [4.69, 9.17) is 10.5 Å². The van der Waals surface area contributed by atoms with Crippen molar-refractivity contribution < 1.29 is 18.6 Å². The number of phenols is 1. The minimum atomic E-state index is -0.670. The molecule has 0 unspecified atom stereocenters. The molecule has 134 valence electrons. The zero-order valence-corrected chi connectivity index (χ0v) is 14.5. The van der Waals surface area contributed by atoms with E-state index in [0.717, 1.165) is 29.1 Å². The molecule has 3 rings (SSSR count). The molecule has 0 spiro atoms. The number of hydrogen-bond donors (Lipinski definition) is 3. The number of hydrogen-bond acceptors (Lipinski definition) is 6. The second-order valence-corrected chi connectivity index (χ2v) is 6.18. The smallest absolute Gasteiger partial charge is 0.237 e. The number of methoxy groups -OCH3 is 1. The van der Waals surface area contributed by atoms with E-state index < -0.39 is 11.6 Å². The molecule has 5 nitrogen and oxygen atoms in total. The summed E-state index contributed by atoms with van der Waals surface area (Å²) in [5, 5.41) is 9.54. The summed E-state index contributed by atoms with van der Waals surface area (Å²) in [5.74, 6) is -0.999. The zero-order chi connectivity index (χ0) is 18.7.